The summed E-state index contributed by atoms with van der Waals surface area (Å²) in [5.74, 6) is 1.10. The molecule has 12 heteroatoms. The maximum atomic E-state index is 13.9. The monoisotopic (exact) mass is 543 g/mol. The summed E-state index contributed by atoms with van der Waals surface area (Å²) in [6, 6.07) is 6.59. The summed E-state index contributed by atoms with van der Waals surface area (Å²) in [7, 11) is 1.47. The lowest BCUT2D eigenvalue weighted by Gasteiger charge is -2.20. The second kappa shape index (κ2) is 8.82. The molecule has 34 heavy (non-hydrogen) atoms. The van der Waals surface area contributed by atoms with Crippen LogP contribution in [0.5, 0.6) is 11.5 Å². The van der Waals surface area contributed by atoms with Crippen LogP contribution in [0.25, 0.3) is 10.9 Å². The fourth-order valence-corrected chi connectivity index (χ4v) is 4.50. The highest BCUT2D eigenvalue weighted by Crippen LogP contribution is 2.39. The first-order valence-corrected chi connectivity index (χ1v) is 11.0. The van der Waals surface area contributed by atoms with Gasteiger partial charge in [0.1, 0.15) is 24.4 Å². The summed E-state index contributed by atoms with van der Waals surface area (Å²) in [6.07, 6.45) is -6.01. The van der Waals surface area contributed by atoms with Crippen molar-refractivity contribution in [3.8, 4) is 11.5 Å². The van der Waals surface area contributed by atoms with Crippen LogP contribution in [0.3, 0.4) is 0 Å². The Balaban J connectivity index is 1.44. The van der Waals surface area contributed by atoms with Gasteiger partial charge in [-0.15, -0.1) is 0 Å². The summed E-state index contributed by atoms with van der Waals surface area (Å²) in [5, 5.41) is 3.59. The first kappa shape index (κ1) is 23.1. The van der Waals surface area contributed by atoms with E-state index >= 15 is 0 Å². The van der Waals surface area contributed by atoms with Gasteiger partial charge in [-0.05, 0) is 40.2 Å². The van der Waals surface area contributed by atoms with Gasteiger partial charge < -0.3 is 24.3 Å². The standard InChI is InChI=1S/C22H18BrF4N3O4/c1-31-16-5-11-15(6-17(16)34-18-8-33-19-13(24)7-32-20(18)19)28-9-29-21(11)30-14-3-2-10(4-12(14)23)22(25,26)27/h2-6,9,13,18-20H,7-8H2,1H3,(H,28,29,30)/t13?,18?,19-,20-/m0/s1. The van der Waals surface area contributed by atoms with Gasteiger partial charge in [-0.25, -0.2) is 14.4 Å². The van der Waals surface area contributed by atoms with Crippen LogP contribution in [-0.2, 0) is 15.7 Å². The number of alkyl halides is 4. The van der Waals surface area contributed by atoms with E-state index in [1.807, 2.05) is 0 Å². The van der Waals surface area contributed by atoms with Crippen molar-refractivity contribution in [2.24, 2.45) is 0 Å². The van der Waals surface area contributed by atoms with Crippen LogP contribution in [0.15, 0.2) is 41.1 Å². The van der Waals surface area contributed by atoms with Crippen molar-refractivity contribution in [1.82, 2.24) is 9.97 Å². The number of benzene rings is 2. The zero-order chi connectivity index (χ0) is 24.0. The highest BCUT2D eigenvalue weighted by molar-refractivity contribution is 9.10. The molecule has 2 unspecified atom stereocenters. The van der Waals surface area contributed by atoms with E-state index < -0.39 is 36.2 Å². The van der Waals surface area contributed by atoms with Crippen LogP contribution in [0, 0.1) is 0 Å². The summed E-state index contributed by atoms with van der Waals surface area (Å²) < 4.78 is 75.5. The van der Waals surface area contributed by atoms with Crippen LogP contribution >= 0.6 is 15.9 Å². The quantitative estimate of drug-likeness (QED) is 0.451. The summed E-state index contributed by atoms with van der Waals surface area (Å²) in [5.41, 5.74) is 0.118. The number of aromatic nitrogens is 2. The molecule has 2 aromatic carbocycles. The molecule has 0 radical (unpaired) electrons. The SMILES string of the molecule is COc1cc2c(Nc3ccc(C(F)(F)F)cc3Br)ncnc2cc1OC1CO[C@H]2C(F)CO[C@@H]12. The van der Waals surface area contributed by atoms with Crippen molar-refractivity contribution in [2.45, 2.75) is 30.7 Å². The van der Waals surface area contributed by atoms with Crippen LogP contribution < -0.4 is 14.8 Å². The van der Waals surface area contributed by atoms with Gasteiger partial charge >= 0.3 is 6.18 Å². The average Bonchev–Trinajstić information content (AvgIpc) is 3.37. The minimum atomic E-state index is -4.45. The molecule has 0 aliphatic carbocycles. The van der Waals surface area contributed by atoms with Crippen molar-refractivity contribution in [1.29, 1.82) is 0 Å². The van der Waals surface area contributed by atoms with Gasteiger partial charge in [-0.1, -0.05) is 0 Å². The number of rotatable bonds is 5. The number of fused-ring (bicyclic) bond motifs is 2. The first-order valence-electron chi connectivity index (χ1n) is 10.2. The van der Waals surface area contributed by atoms with Crippen molar-refractivity contribution in [3.05, 3.63) is 46.7 Å². The highest BCUT2D eigenvalue weighted by atomic mass is 79.9. The van der Waals surface area contributed by atoms with Crippen LogP contribution in [0.2, 0.25) is 0 Å². The smallest absolute Gasteiger partial charge is 0.416 e. The molecule has 7 nitrogen and oxygen atoms in total. The normalized spacial score (nSPS) is 24.3. The maximum absolute atomic E-state index is 13.9. The summed E-state index contributed by atoms with van der Waals surface area (Å²) in [4.78, 5) is 8.50. The van der Waals surface area contributed by atoms with Crippen molar-refractivity contribution in [2.75, 3.05) is 25.6 Å². The Morgan fingerprint density at radius 2 is 1.85 bits per heavy atom. The van der Waals surface area contributed by atoms with Gasteiger partial charge in [0.25, 0.3) is 0 Å². The Kier molecular flexibility index (Phi) is 5.98. The van der Waals surface area contributed by atoms with Crippen molar-refractivity contribution >= 4 is 38.3 Å². The largest absolute Gasteiger partial charge is 0.493 e. The van der Waals surface area contributed by atoms with Crippen LogP contribution in [0.1, 0.15) is 5.56 Å². The second-order valence-electron chi connectivity index (χ2n) is 7.83. The molecule has 3 aromatic rings. The maximum Gasteiger partial charge on any atom is 0.416 e. The fourth-order valence-electron chi connectivity index (χ4n) is 4.02. The number of ether oxygens (including phenoxy) is 4. The van der Waals surface area contributed by atoms with Gasteiger partial charge in [0.05, 0.1) is 37.1 Å². The molecular weight excluding hydrogens is 526 g/mol. The van der Waals surface area contributed by atoms with Crippen molar-refractivity contribution in [3.63, 3.8) is 0 Å². The molecule has 1 N–H and O–H groups in total. The van der Waals surface area contributed by atoms with E-state index in [1.54, 1.807) is 12.1 Å². The van der Waals surface area contributed by atoms with Crippen molar-refractivity contribution < 1.29 is 36.5 Å². The molecule has 0 saturated carbocycles. The zero-order valence-electron chi connectivity index (χ0n) is 17.6. The molecule has 0 spiro atoms. The van der Waals surface area contributed by atoms with Gasteiger partial charge in [0, 0.05) is 15.9 Å². The molecule has 0 amide bonds. The lowest BCUT2D eigenvalue weighted by atomic mass is 10.1. The number of nitrogens with one attached hydrogen (secondary N) is 1. The fraction of sp³-hybridized carbons (Fsp3) is 0.364. The van der Waals surface area contributed by atoms with Gasteiger partial charge in [0.2, 0.25) is 0 Å². The average molecular weight is 544 g/mol. The molecule has 5 rings (SSSR count). The molecule has 3 heterocycles. The predicted octanol–water partition coefficient (Wildman–Crippen LogP) is 5.05. The molecule has 2 aliphatic heterocycles. The van der Waals surface area contributed by atoms with E-state index in [2.05, 4.69) is 31.2 Å². The van der Waals surface area contributed by atoms with E-state index in [0.717, 1.165) is 12.1 Å². The lowest BCUT2D eigenvalue weighted by Crippen LogP contribution is -2.33. The second-order valence-corrected chi connectivity index (χ2v) is 8.68. The molecule has 0 bridgehead atoms. The number of halogens is 5. The zero-order valence-corrected chi connectivity index (χ0v) is 19.2. The van der Waals surface area contributed by atoms with E-state index in [-0.39, 0.29) is 17.7 Å². The van der Waals surface area contributed by atoms with Gasteiger partial charge in [-0.3, -0.25) is 0 Å². The van der Waals surface area contributed by atoms with E-state index in [9.17, 15) is 17.6 Å². The molecule has 2 aliphatic rings. The Hall–Kier alpha value is -2.70. The molecule has 2 fully saturated rings. The topological polar surface area (TPSA) is 74.7 Å². The number of hydrogen-bond donors (Lipinski definition) is 1. The van der Waals surface area contributed by atoms with E-state index in [4.69, 9.17) is 18.9 Å². The van der Waals surface area contributed by atoms with Gasteiger partial charge in [-0.2, -0.15) is 13.2 Å². The lowest BCUT2D eigenvalue weighted by molar-refractivity contribution is -0.137. The highest BCUT2D eigenvalue weighted by Gasteiger charge is 2.49. The first-order chi connectivity index (χ1) is 16.2. The third-order valence-electron chi connectivity index (χ3n) is 5.70. The molecule has 2 saturated heterocycles. The number of nitrogens with zero attached hydrogens (tertiary/aromatic N) is 2. The van der Waals surface area contributed by atoms with Gasteiger partial charge in [0.15, 0.2) is 23.8 Å². The summed E-state index contributed by atoms with van der Waals surface area (Å²) >= 11 is 3.18. The molecule has 1 aromatic heterocycles. The number of hydrogen-bond acceptors (Lipinski definition) is 7. The Morgan fingerprint density at radius 3 is 2.59 bits per heavy atom. The molecule has 4 atom stereocenters. The minimum Gasteiger partial charge on any atom is -0.493 e. The Morgan fingerprint density at radius 1 is 1.06 bits per heavy atom. The number of anilines is 2. The minimum absolute atomic E-state index is 0.0359. The predicted molar refractivity (Wildman–Crippen MR) is 117 cm³/mol. The van der Waals surface area contributed by atoms with Crippen LogP contribution in [-0.4, -0.2) is 54.8 Å². The summed E-state index contributed by atoms with van der Waals surface area (Å²) in [6.45, 7) is 0.140. The number of methoxy groups -OCH3 is 1. The third-order valence-corrected chi connectivity index (χ3v) is 6.35. The van der Waals surface area contributed by atoms with E-state index in [1.165, 1.54) is 19.5 Å². The third kappa shape index (κ3) is 4.25. The Bertz CT molecular complexity index is 1230. The Labute approximate surface area is 199 Å². The van der Waals surface area contributed by atoms with E-state index in [0.29, 0.717) is 33.9 Å². The molecular formula is C22H18BrF4N3O4. The van der Waals surface area contributed by atoms with Crippen LogP contribution in [0.4, 0.5) is 29.1 Å². The molecule has 180 valence electrons.